The number of hydrogen-bond acceptors (Lipinski definition) is 7. The number of halogens is 3. The minimum Gasteiger partial charge on any atom is -0.352 e. The Kier molecular flexibility index (Phi) is 6.68. The zero-order chi connectivity index (χ0) is 28.5. The third kappa shape index (κ3) is 4.39. The summed E-state index contributed by atoms with van der Waals surface area (Å²) in [7, 11) is -3.49. The Bertz CT molecular complexity index is 1750. The van der Waals surface area contributed by atoms with Crippen LogP contribution in [0.2, 0.25) is 5.02 Å². The lowest BCUT2D eigenvalue weighted by Gasteiger charge is -2.52. The van der Waals surface area contributed by atoms with Crippen LogP contribution < -0.4 is 10.6 Å². The number of aryl methyl sites for hydroxylation is 1. The summed E-state index contributed by atoms with van der Waals surface area (Å²) in [6.45, 7) is 4.62. The average Bonchev–Trinajstić information content (AvgIpc) is 2.89. The first-order valence-corrected chi connectivity index (χ1v) is 15.7. The number of nitrogens with zero attached hydrogens (tertiary/aromatic N) is 5. The lowest BCUT2D eigenvalue weighted by molar-refractivity contribution is -0.134. The van der Waals surface area contributed by atoms with E-state index in [0.29, 0.717) is 39.5 Å². The zero-order valence-electron chi connectivity index (χ0n) is 21.3. The molecule has 40 heavy (non-hydrogen) atoms. The van der Waals surface area contributed by atoms with Crippen LogP contribution in [0.15, 0.2) is 46.6 Å². The molecule has 0 aliphatic carbocycles. The van der Waals surface area contributed by atoms with Crippen molar-refractivity contribution < 1.29 is 22.0 Å². The van der Waals surface area contributed by atoms with Crippen LogP contribution in [0.4, 0.5) is 14.6 Å². The molecular formula is C26H24ClF2N5O4S2. The van der Waals surface area contributed by atoms with Crippen LogP contribution in [0.25, 0.3) is 22.0 Å². The minimum atomic E-state index is -3.49. The van der Waals surface area contributed by atoms with Gasteiger partial charge in [0.05, 0.1) is 28.9 Å². The van der Waals surface area contributed by atoms with Crippen molar-refractivity contribution >= 4 is 56.0 Å². The van der Waals surface area contributed by atoms with Crippen LogP contribution in [0.5, 0.6) is 0 Å². The highest BCUT2D eigenvalue weighted by Gasteiger charge is 2.45. The summed E-state index contributed by atoms with van der Waals surface area (Å²) < 4.78 is 56.2. The molecule has 3 aliphatic rings. The van der Waals surface area contributed by atoms with Crippen molar-refractivity contribution in [1.29, 1.82) is 0 Å². The van der Waals surface area contributed by atoms with Crippen molar-refractivity contribution in [2.24, 2.45) is 0 Å². The number of carbonyl (C=O) groups excluding carboxylic acids is 1. The van der Waals surface area contributed by atoms with Gasteiger partial charge < -0.3 is 9.80 Å². The van der Waals surface area contributed by atoms with Crippen LogP contribution >= 0.6 is 23.4 Å². The zero-order valence-corrected chi connectivity index (χ0v) is 23.7. The van der Waals surface area contributed by atoms with Crippen LogP contribution in [-0.2, 0) is 21.4 Å². The van der Waals surface area contributed by atoms with Gasteiger partial charge in [-0.05, 0) is 24.3 Å². The number of benzene rings is 2. The van der Waals surface area contributed by atoms with Crippen molar-refractivity contribution in [2.45, 2.75) is 23.5 Å². The van der Waals surface area contributed by atoms with Crippen molar-refractivity contribution in [3.63, 3.8) is 0 Å². The predicted molar refractivity (Wildman–Crippen MR) is 150 cm³/mol. The molecule has 3 aliphatic heterocycles. The van der Waals surface area contributed by atoms with Gasteiger partial charge in [0.1, 0.15) is 17.5 Å². The second-order valence-corrected chi connectivity index (χ2v) is 13.5. The lowest BCUT2D eigenvalue weighted by atomic mass is 9.99. The number of amides is 1. The molecule has 3 aromatic rings. The fourth-order valence-electron chi connectivity index (χ4n) is 5.94. The van der Waals surface area contributed by atoms with E-state index in [2.05, 4.69) is 11.6 Å². The fourth-order valence-corrected chi connectivity index (χ4v) is 8.38. The maximum atomic E-state index is 14.9. The molecule has 6 rings (SSSR count). The van der Waals surface area contributed by atoms with E-state index in [1.165, 1.54) is 32.8 Å². The maximum absolute atomic E-state index is 14.9. The number of piperazine rings is 2. The maximum Gasteiger partial charge on any atom is 0.350 e. The number of anilines is 1. The van der Waals surface area contributed by atoms with Gasteiger partial charge in [0, 0.05) is 66.0 Å². The second kappa shape index (κ2) is 9.82. The second-order valence-electron chi connectivity index (χ2n) is 10.0. The van der Waals surface area contributed by atoms with E-state index in [1.807, 2.05) is 4.90 Å². The molecule has 2 atom stereocenters. The molecule has 2 bridgehead atoms. The van der Waals surface area contributed by atoms with Gasteiger partial charge in [-0.1, -0.05) is 18.2 Å². The van der Waals surface area contributed by atoms with Gasteiger partial charge in [0.15, 0.2) is 0 Å². The normalized spacial score (nSPS) is 21.1. The number of rotatable bonds is 4. The molecular weight excluding hydrogens is 584 g/mol. The van der Waals surface area contributed by atoms with Gasteiger partial charge in [0.2, 0.25) is 15.9 Å². The summed E-state index contributed by atoms with van der Waals surface area (Å²) in [5.74, 6) is -0.873. The Morgan fingerprint density at radius 1 is 1.18 bits per heavy atom. The number of fused-ring (bicyclic) bond motifs is 2. The van der Waals surface area contributed by atoms with Crippen LogP contribution in [0.1, 0.15) is 0 Å². The van der Waals surface area contributed by atoms with Crippen LogP contribution in [-0.4, -0.2) is 83.4 Å². The lowest BCUT2D eigenvalue weighted by Crippen LogP contribution is -2.70. The van der Waals surface area contributed by atoms with E-state index >= 15 is 0 Å². The van der Waals surface area contributed by atoms with Gasteiger partial charge in [-0.15, -0.1) is 11.8 Å². The van der Waals surface area contributed by atoms with E-state index in [1.54, 1.807) is 11.0 Å². The quantitative estimate of drug-likeness (QED) is 0.421. The fraction of sp³-hybridized carbons (Fsp3) is 0.346. The predicted octanol–water partition coefficient (Wildman–Crippen LogP) is 2.95. The molecule has 1 amide bonds. The highest BCUT2D eigenvalue weighted by atomic mass is 35.5. The van der Waals surface area contributed by atoms with E-state index in [0.717, 1.165) is 18.4 Å². The molecule has 0 N–H and O–H groups in total. The molecule has 0 saturated carbocycles. The van der Waals surface area contributed by atoms with E-state index in [-0.39, 0.29) is 42.7 Å². The molecule has 0 spiro atoms. The van der Waals surface area contributed by atoms with Gasteiger partial charge in [-0.2, -0.15) is 9.29 Å². The van der Waals surface area contributed by atoms with E-state index in [4.69, 9.17) is 11.6 Å². The highest BCUT2D eigenvalue weighted by Crippen LogP contribution is 2.46. The standard InChI is InChI=1S/C26H24ClF2N5O4S2/c1-3-21(35)34-15-10-31(11-16(34)13-32(12-15)40(2,37)38)25-18-9-19(27)22(17-5-4-14(28)8-20(17)29)24-23(18)33(6-7-39-24)26(36)30-25/h3-5,8-9,15-16H,1,6-7,10-13H2,2H3. The molecule has 1 aromatic heterocycles. The monoisotopic (exact) mass is 607 g/mol. The summed E-state index contributed by atoms with van der Waals surface area (Å²) in [6, 6.07) is 3.92. The molecule has 2 saturated heterocycles. The molecule has 14 heteroatoms. The van der Waals surface area contributed by atoms with Gasteiger partial charge >= 0.3 is 5.69 Å². The molecule has 2 fully saturated rings. The van der Waals surface area contributed by atoms with Crippen molar-refractivity contribution in [3.8, 4) is 11.1 Å². The summed E-state index contributed by atoms with van der Waals surface area (Å²) in [5, 5.41) is 0.805. The number of hydrogen-bond donors (Lipinski definition) is 0. The minimum absolute atomic E-state index is 0.0935. The summed E-state index contributed by atoms with van der Waals surface area (Å²) >= 11 is 8.20. The first-order valence-electron chi connectivity index (χ1n) is 12.5. The molecule has 2 aromatic carbocycles. The smallest absolute Gasteiger partial charge is 0.350 e. The van der Waals surface area contributed by atoms with Gasteiger partial charge in [0.25, 0.3) is 0 Å². The SMILES string of the molecule is C=CC(=O)N1C2CN(c3nc(=O)n4c5c(c(-c6ccc(F)cc6F)c(Cl)cc35)SCC4)CC1CN(S(C)(=O)=O)C2. The van der Waals surface area contributed by atoms with Crippen molar-refractivity contribution in [2.75, 3.05) is 43.1 Å². The van der Waals surface area contributed by atoms with E-state index < -0.39 is 39.4 Å². The summed E-state index contributed by atoms with van der Waals surface area (Å²) in [6.07, 6.45) is 2.35. The number of aromatic nitrogens is 2. The Labute approximate surface area is 238 Å². The van der Waals surface area contributed by atoms with Gasteiger partial charge in [-0.25, -0.2) is 22.0 Å². The molecule has 4 heterocycles. The Balaban J connectivity index is 1.50. The van der Waals surface area contributed by atoms with Crippen LogP contribution in [0.3, 0.4) is 0 Å². The molecule has 2 unspecified atom stereocenters. The first kappa shape index (κ1) is 27.2. The Morgan fingerprint density at radius 3 is 2.50 bits per heavy atom. The van der Waals surface area contributed by atoms with Crippen molar-refractivity contribution in [3.05, 3.63) is 64.1 Å². The summed E-state index contributed by atoms with van der Waals surface area (Å²) in [4.78, 5) is 34.6. The third-order valence-electron chi connectivity index (χ3n) is 7.59. The molecule has 210 valence electrons. The topological polar surface area (TPSA) is 95.8 Å². The Morgan fingerprint density at radius 2 is 1.88 bits per heavy atom. The van der Waals surface area contributed by atoms with Crippen LogP contribution in [0, 0.1) is 11.6 Å². The average molecular weight is 608 g/mol. The number of thioether (sulfide) groups is 1. The van der Waals surface area contributed by atoms with E-state index in [9.17, 15) is 26.8 Å². The molecule has 9 nitrogen and oxygen atoms in total. The largest absolute Gasteiger partial charge is 0.352 e. The van der Waals surface area contributed by atoms with Crippen molar-refractivity contribution in [1.82, 2.24) is 18.8 Å². The first-order chi connectivity index (χ1) is 19.0. The van der Waals surface area contributed by atoms with Gasteiger partial charge in [-0.3, -0.25) is 9.36 Å². The molecule has 0 radical (unpaired) electrons. The highest BCUT2D eigenvalue weighted by molar-refractivity contribution is 7.99. The number of sulfonamides is 1. The summed E-state index contributed by atoms with van der Waals surface area (Å²) in [5.41, 5.74) is 0.581. The Hall–Kier alpha value is -3.00. The number of carbonyl (C=O) groups is 1. The third-order valence-corrected chi connectivity index (χ3v) is 10.2.